The Bertz CT molecular complexity index is 659. The maximum Gasteiger partial charge on any atom is 0.207 e. The number of benzene rings is 1. The van der Waals surface area contributed by atoms with E-state index in [2.05, 4.69) is 14.7 Å². The molecule has 2 aromatic rings. The number of nitrogens with zero attached hydrogens (tertiary/aromatic N) is 2. The van der Waals surface area contributed by atoms with Crippen LogP contribution in [0.15, 0.2) is 6.07 Å². The van der Waals surface area contributed by atoms with Gasteiger partial charge in [-0.3, -0.25) is 0 Å². The summed E-state index contributed by atoms with van der Waals surface area (Å²) in [4.78, 5) is 7.55. The van der Waals surface area contributed by atoms with Crippen molar-refractivity contribution >= 4 is 5.82 Å². The fourth-order valence-corrected chi connectivity index (χ4v) is 1.57. The number of ether oxygens (including phenoxy) is 1. The van der Waals surface area contributed by atoms with Gasteiger partial charge in [0, 0.05) is 11.8 Å². The Morgan fingerprint density at radius 2 is 1.48 bits per heavy atom. The number of halogens is 5. The molecule has 112 valence electrons. The minimum Gasteiger partial charge on any atom is -0.479 e. The van der Waals surface area contributed by atoms with Crippen LogP contribution in [0, 0.1) is 36.0 Å². The largest absolute Gasteiger partial charge is 0.479 e. The predicted molar refractivity (Wildman–Crippen MR) is 61.7 cm³/mol. The fraction of sp³-hybridized carbons (Fsp3) is 0.167. The van der Waals surface area contributed by atoms with E-state index in [1.54, 1.807) is 6.92 Å². The molecule has 0 atom stereocenters. The highest BCUT2D eigenvalue weighted by atomic mass is 19.2. The van der Waals surface area contributed by atoms with Crippen molar-refractivity contribution in [2.24, 2.45) is 0 Å². The number of nitrogen functional groups attached to an aromatic ring is 1. The fourth-order valence-electron chi connectivity index (χ4n) is 1.57. The first-order valence-corrected chi connectivity index (χ1v) is 5.55. The molecule has 0 unspecified atom stereocenters. The molecule has 0 spiro atoms. The average molecular weight is 305 g/mol. The number of aromatic nitrogens is 2. The molecule has 0 radical (unpaired) electrons. The standard InChI is InChI=1S/C12H8F5N3O/c1-4-2-5(18)20-6(19-4)3-21-12-10(16)8(14)7(13)9(15)11(12)17/h2H,3H2,1H3,(H2,18,19,20). The Morgan fingerprint density at radius 1 is 0.952 bits per heavy atom. The van der Waals surface area contributed by atoms with Crippen molar-refractivity contribution in [3.05, 3.63) is 46.7 Å². The van der Waals surface area contributed by atoms with Crippen LogP contribution in [0.2, 0.25) is 0 Å². The summed E-state index contributed by atoms with van der Waals surface area (Å²) in [5.41, 5.74) is 5.89. The number of aryl methyl sites for hydroxylation is 1. The molecule has 4 nitrogen and oxygen atoms in total. The van der Waals surface area contributed by atoms with Gasteiger partial charge in [-0.1, -0.05) is 0 Å². The smallest absolute Gasteiger partial charge is 0.207 e. The normalized spacial score (nSPS) is 10.8. The highest BCUT2D eigenvalue weighted by Gasteiger charge is 2.27. The predicted octanol–water partition coefficient (Wildman–Crippen LogP) is 2.64. The van der Waals surface area contributed by atoms with E-state index in [-0.39, 0.29) is 11.6 Å². The Morgan fingerprint density at radius 3 is 2.00 bits per heavy atom. The second kappa shape index (κ2) is 5.51. The lowest BCUT2D eigenvalue weighted by Crippen LogP contribution is -2.10. The van der Waals surface area contributed by atoms with E-state index in [0.717, 1.165) is 0 Å². The lowest BCUT2D eigenvalue weighted by Gasteiger charge is -2.10. The van der Waals surface area contributed by atoms with E-state index in [1.165, 1.54) is 6.07 Å². The molecule has 0 saturated carbocycles. The highest BCUT2D eigenvalue weighted by molar-refractivity contribution is 5.31. The van der Waals surface area contributed by atoms with Gasteiger partial charge < -0.3 is 10.5 Å². The summed E-state index contributed by atoms with van der Waals surface area (Å²) < 4.78 is 70.1. The minimum atomic E-state index is -2.26. The minimum absolute atomic E-state index is 0.0589. The number of nitrogens with two attached hydrogens (primary N) is 1. The van der Waals surface area contributed by atoms with Crippen molar-refractivity contribution < 1.29 is 26.7 Å². The maximum atomic E-state index is 13.4. The van der Waals surface area contributed by atoms with Gasteiger partial charge in [-0.05, 0) is 6.92 Å². The Balaban J connectivity index is 2.32. The average Bonchev–Trinajstić information content (AvgIpc) is 2.42. The summed E-state index contributed by atoms with van der Waals surface area (Å²) in [5.74, 6) is -11.9. The summed E-state index contributed by atoms with van der Waals surface area (Å²) in [6.45, 7) is 0.976. The van der Waals surface area contributed by atoms with Gasteiger partial charge in [0.1, 0.15) is 12.4 Å². The summed E-state index contributed by atoms with van der Waals surface area (Å²) in [6.07, 6.45) is 0. The molecule has 21 heavy (non-hydrogen) atoms. The molecule has 1 aromatic carbocycles. The molecule has 0 saturated heterocycles. The van der Waals surface area contributed by atoms with Crippen LogP contribution in [0.5, 0.6) is 5.75 Å². The quantitative estimate of drug-likeness (QED) is 0.538. The molecule has 0 aliphatic heterocycles. The van der Waals surface area contributed by atoms with Crippen molar-refractivity contribution in [3.63, 3.8) is 0 Å². The molecule has 0 fully saturated rings. The first-order chi connectivity index (χ1) is 9.81. The summed E-state index contributed by atoms with van der Waals surface area (Å²) in [6, 6.07) is 1.43. The van der Waals surface area contributed by atoms with Crippen molar-refractivity contribution in [3.8, 4) is 5.75 Å². The monoisotopic (exact) mass is 305 g/mol. The third-order valence-electron chi connectivity index (χ3n) is 2.44. The van der Waals surface area contributed by atoms with Crippen LogP contribution in [-0.2, 0) is 6.61 Å². The molecule has 9 heteroatoms. The summed E-state index contributed by atoms with van der Waals surface area (Å²) in [5, 5.41) is 0. The van der Waals surface area contributed by atoms with Gasteiger partial charge in [-0.25, -0.2) is 23.1 Å². The lowest BCUT2D eigenvalue weighted by atomic mass is 10.2. The third kappa shape index (κ3) is 2.86. The van der Waals surface area contributed by atoms with Gasteiger partial charge in [0.25, 0.3) is 0 Å². The first-order valence-electron chi connectivity index (χ1n) is 5.55. The van der Waals surface area contributed by atoms with Gasteiger partial charge >= 0.3 is 0 Å². The van der Waals surface area contributed by atoms with E-state index < -0.39 is 41.4 Å². The molecule has 1 heterocycles. The van der Waals surface area contributed by atoms with E-state index >= 15 is 0 Å². The molecule has 0 aliphatic carbocycles. The highest BCUT2D eigenvalue weighted by Crippen LogP contribution is 2.29. The molecular weight excluding hydrogens is 297 g/mol. The Labute approximate surface area is 115 Å². The van der Waals surface area contributed by atoms with Crippen LogP contribution in [0.4, 0.5) is 27.8 Å². The van der Waals surface area contributed by atoms with E-state index in [4.69, 9.17) is 5.73 Å². The zero-order valence-electron chi connectivity index (χ0n) is 10.6. The Hall–Kier alpha value is -2.45. The number of hydrogen-bond acceptors (Lipinski definition) is 4. The van der Waals surface area contributed by atoms with Gasteiger partial charge in [0.2, 0.25) is 29.1 Å². The van der Waals surface area contributed by atoms with Crippen LogP contribution >= 0.6 is 0 Å². The van der Waals surface area contributed by atoms with Crippen molar-refractivity contribution in [1.29, 1.82) is 0 Å². The van der Waals surface area contributed by atoms with Crippen molar-refractivity contribution in [2.75, 3.05) is 5.73 Å². The molecule has 0 aliphatic rings. The van der Waals surface area contributed by atoms with E-state index in [9.17, 15) is 22.0 Å². The topological polar surface area (TPSA) is 61.0 Å². The van der Waals surface area contributed by atoms with Crippen LogP contribution in [0.25, 0.3) is 0 Å². The second-order valence-corrected chi connectivity index (χ2v) is 4.04. The molecular formula is C12H8F5N3O. The zero-order valence-corrected chi connectivity index (χ0v) is 10.6. The summed E-state index contributed by atoms with van der Waals surface area (Å²) in [7, 11) is 0. The number of hydrogen-bond donors (Lipinski definition) is 1. The summed E-state index contributed by atoms with van der Waals surface area (Å²) >= 11 is 0. The first kappa shape index (κ1) is 14.9. The van der Waals surface area contributed by atoms with Crippen LogP contribution in [0.1, 0.15) is 11.5 Å². The molecule has 2 rings (SSSR count). The van der Waals surface area contributed by atoms with Gasteiger partial charge in [0.15, 0.2) is 11.6 Å². The molecule has 1 aromatic heterocycles. The van der Waals surface area contributed by atoms with Gasteiger partial charge in [-0.2, -0.15) is 8.78 Å². The lowest BCUT2D eigenvalue weighted by molar-refractivity contribution is 0.247. The number of rotatable bonds is 3. The van der Waals surface area contributed by atoms with E-state index in [1.807, 2.05) is 0 Å². The Kier molecular flexibility index (Phi) is 3.92. The van der Waals surface area contributed by atoms with Crippen molar-refractivity contribution in [2.45, 2.75) is 13.5 Å². The van der Waals surface area contributed by atoms with Crippen LogP contribution in [0.3, 0.4) is 0 Å². The van der Waals surface area contributed by atoms with Crippen LogP contribution < -0.4 is 10.5 Å². The maximum absolute atomic E-state index is 13.4. The second-order valence-electron chi connectivity index (χ2n) is 4.04. The van der Waals surface area contributed by atoms with E-state index in [0.29, 0.717) is 5.69 Å². The number of anilines is 1. The SMILES string of the molecule is Cc1cc(N)nc(COc2c(F)c(F)c(F)c(F)c2F)n1. The van der Waals surface area contributed by atoms with Crippen molar-refractivity contribution in [1.82, 2.24) is 9.97 Å². The molecule has 2 N–H and O–H groups in total. The van der Waals surface area contributed by atoms with Gasteiger partial charge in [0.05, 0.1) is 0 Å². The third-order valence-corrected chi connectivity index (χ3v) is 2.44. The van der Waals surface area contributed by atoms with Crippen LogP contribution in [-0.4, -0.2) is 9.97 Å². The zero-order chi connectivity index (χ0) is 15.7. The van der Waals surface area contributed by atoms with Gasteiger partial charge in [-0.15, -0.1) is 0 Å². The molecule has 0 amide bonds. The molecule has 0 bridgehead atoms.